The quantitative estimate of drug-likeness (QED) is 0.523. The van der Waals surface area contributed by atoms with Crippen molar-refractivity contribution in [3.63, 3.8) is 0 Å². The van der Waals surface area contributed by atoms with E-state index in [2.05, 4.69) is 14.7 Å². The number of hydrogen-bond acceptors (Lipinski definition) is 4. The standard InChI is InChI=1S/C21H19N3O3S/c1-27-20-10-6-5-9-16(20)14-22-28(25,26)17-11-12-18-19(13-17)24-21(23-18)15-7-3-2-4-8-15/h2-13,22H,14H2,1H3,(H,23,24). The molecule has 0 aliphatic rings. The summed E-state index contributed by atoms with van der Waals surface area (Å²) in [5.74, 6) is 1.34. The predicted molar refractivity (Wildman–Crippen MR) is 109 cm³/mol. The summed E-state index contributed by atoms with van der Waals surface area (Å²) in [6.45, 7) is 0.141. The van der Waals surface area contributed by atoms with Crippen molar-refractivity contribution in [2.24, 2.45) is 0 Å². The van der Waals surface area contributed by atoms with Crippen molar-refractivity contribution >= 4 is 21.1 Å². The molecule has 0 radical (unpaired) electrons. The first-order valence-corrected chi connectivity index (χ1v) is 10.2. The molecule has 0 fully saturated rings. The van der Waals surface area contributed by atoms with Crippen LogP contribution in [0.1, 0.15) is 5.56 Å². The van der Waals surface area contributed by atoms with E-state index in [1.165, 1.54) is 0 Å². The van der Waals surface area contributed by atoms with Crippen LogP contribution in [0, 0.1) is 0 Å². The van der Waals surface area contributed by atoms with E-state index in [1.54, 1.807) is 31.4 Å². The van der Waals surface area contributed by atoms with Gasteiger partial charge in [-0.25, -0.2) is 18.1 Å². The Morgan fingerprint density at radius 3 is 2.54 bits per heavy atom. The van der Waals surface area contributed by atoms with E-state index in [-0.39, 0.29) is 11.4 Å². The third-order valence-electron chi connectivity index (χ3n) is 4.46. The van der Waals surface area contributed by atoms with Crippen molar-refractivity contribution in [3.05, 3.63) is 78.4 Å². The lowest BCUT2D eigenvalue weighted by molar-refractivity contribution is 0.409. The Kier molecular flexibility index (Phi) is 4.85. The molecule has 0 saturated heterocycles. The summed E-state index contributed by atoms with van der Waals surface area (Å²) in [5, 5.41) is 0. The number of rotatable bonds is 6. The van der Waals surface area contributed by atoms with Gasteiger partial charge in [-0.05, 0) is 24.3 Å². The lowest BCUT2D eigenvalue weighted by Crippen LogP contribution is -2.23. The second-order valence-electron chi connectivity index (χ2n) is 6.27. The number of H-pyrrole nitrogens is 1. The number of nitrogens with zero attached hydrogens (tertiary/aromatic N) is 1. The molecule has 0 bridgehead atoms. The van der Waals surface area contributed by atoms with E-state index in [1.807, 2.05) is 48.5 Å². The van der Waals surface area contributed by atoms with Crippen molar-refractivity contribution < 1.29 is 13.2 Å². The largest absolute Gasteiger partial charge is 0.496 e. The van der Waals surface area contributed by atoms with Gasteiger partial charge in [-0.1, -0.05) is 48.5 Å². The molecule has 1 heterocycles. The third kappa shape index (κ3) is 3.62. The maximum Gasteiger partial charge on any atom is 0.240 e. The number of methoxy groups -OCH3 is 1. The Morgan fingerprint density at radius 2 is 1.75 bits per heavy atom. The SMILES string of the molecule is COc1ccccc1CNS(=O)(=O)c1ccc2nc(-c3ccccc3)[nH]c2c1. The normalized spacial score (nSPS) is 11.6. The molecule has 3 aromatic carbocycles. The van der Waals surface area contributed by atoms with E-state index in [0.29, 0.717) is 22.6 Å². The zero-order valence-corrected chi connectivity index (χ0v) is 16.0. The van der Waals surface area contributed by atoms with Gasteiger partial charge in [0.05, 0.1) is 23.0 Å². The molecule has 6 nitrogen and oxygen atoms in total. The summed E-state index contributed by atoms with van der Waals surface area (Å²) in [4.78, 5) is 7.91. The summed E-state index contributed by atoms with van der Waals surface area (Å²) in [6.07, 6.45) is 0. The van der Waals surface area contributed by atoms with E-state index < -0.39 is 10.0 Å². The maximum atomic E-state index is 12.7. The molecule has 1 aromatic heterocycles. The Morgan fingerprint density at radius 1 is 1.00 bits per heavy atom. The lowest BCUT2D eigenvalue weighted by atomic mass is 10.2. The van der Waals surface area contributed by atoms with Crippen molar-refractivity contribution in [1.29, 1.82) is 0 Å². The highest BCUT2D eigenvalue weighted by molar-refractivity contribution is 7.89. The van der Waals surface area contributed by atoms with Crippen LogP contribution in [0.15, 0.2) is 77.7 Å². The molecule has 2 N–H and O–H groups in total. The number of imidazole rings is 1. The molecule has 4 aromatic rings. The van der Waals surface area contributed by atoms with Gasteiger partial charge in [0.2, 0.25) is 10.0 Å². The fourth-order valence-corrected chi connectivity index (χ4v) is 4.03. The minimum atomic E-state index is -3.68. The number of ether oxygens (including phenoxy) is 1. The van der Waals surface area contributed by atoms with Gasteiger partial charge in [-0.3, -0.25) is 0 Å². The smallest absolute Gasteiger partial charge is 0.240 e. The van der Waals surface area contributed by atoms with Crippen LogP contribution < -0.4 is 9.46 Å². The van der Waals surface area contributed by atoms with Crippen molar-refractivity contribution in [2.75, 3.05) is 7.11 Å². The fourth-order valence-electron chi connectivity index (χ4n) is 2.99. The number of benzene rings is 3. The summed E-state index contributed by atoms with van der Waals surface area (Å²) < 4.78 is 33.4. The Hall–Kier alpha value is -3.16. The first-order chi connectivity index (χ1) is 13.6. The molecule has 0 spiro atoms. The number of fused-ring (bicyclic) bond motifs is 1. The minimum absolute atomic E-state index is 0.141. The molecule has 0 aliphatic heterocycles. The molecule has 7 heteroatoms. The second kappa shape index (κ2) is 7.46. The molecule has 0 aliphatic carbocycles. The van der Waals surface area contributed by atoms with Crippen molar-refractivity contribution in [2.45, 2.75) is 11.4 Å². The van der Waals surface area contributed by atoms with Gasteiger partial charge in [-0.15, -0.1) is 0 Å². The average molecular weight is 393 g/mol. The number of aromatic nitrogens is 2. The highest BCUT2D eigenvalue weighted by Crippen LogP contribution is 2.23. The van der Waals surface area contributed by atoms with E-state index in [0.717, 1.165) is 11.1 Å². The Balaban J connectivity index is 1.60. The Bertz CT molecular complexity index is 1220. The van der Waals surface area contributed by atoms with Crippen LogP contribution in [0.25, 0.3) is 22.4 Å². The van der Waals surface area contributed by atoms with Gasteiger partial charge in [0.25, 0.3) is 0 Å². The van der Waals surface area contributed by atoms with Gasteiger partial charge in [0.1, 0.15) is 11.6 Å². The topological polar surface area (TPSA) is 84.1 Å². The number of nitrogens with one attached hydrogen (secondary N) is 2. The number of hydrogen-bond donors (Lipinski definition) is 2. The van der Waals surface area contributed by atoms with Crippen LogP contribution in [0.5, 0.6) is 5.75 Å². The van der Waals surface area contributed by atoms with Crippen molar-refractivity contribution in [3.8, 4) is 17.1 Å². The third-order valence-corrected chi connectivity index (χ3v) is 5.85. The highest BCUT2D eigenvalue weighted by Gasteiger charge is 2.16. The molecule has 0 unspecified atom stereocenters. The van der Waals surface area contributed by atoms with E-state index in [9.17, 15) is 8.42 Å². The monoisotopic (exact) mass is 393 g/mol. The van der Waals surface area contributed by atoms with Crippen LogP contribution in [-0.4, -0.2) is 25.5 Å². The predicted octanol–water partition coefficient (Wildman–Crippen LogP) is 3.72. The number of aromatic amines is 1. The van der Waals surface area contributed by atoms with Crippen molar-refractivity contribution in [1.82, 2.24) is 14.7 Å². The molecular formula is C21H19N3O3S. The highest BCUT2D eigenvalue weighted by atomic mass is 32.2. The maximum absolute atomic E-state index is 12.7. The second-order valence-corrected chi connectivity index (χ2v) is 8.03. The molecular weight excluding hydrogens is 374 g/mol. The van der Waals surface area contributed by atoms with Gasteiger partial charge in [0, 0.05) is 17.7 Å². The number of para-hydroxylation sites is 1. The summed E-state index contributed by atoms with van der Waals surface area (Å²) in [5.41, 5.74) is 3.08. The summed E-state index contributed by atoms with van der Waals surface area (Å²) in [6, 6.07) is 21.9. The van der Waals surface area contributed by atoms with Crippen LogP contribution >= 0.6 is 0 Å². The van der Waals surface area contributed by atoms with Gasteiger partial charge in [-0.2, -0.15) is 0 Å². The van der Waals surface area contributed by atoms with Crippen LogP contribution in [0.4, 0.5) is 0 Å². The van der Waals surface area contributed by atoms with Crippen LogP contribution in [-0.2, 0) is 16.6 Å². The average Bonchev–Trinajstić information content (AvgIpc) is 3.16. The van der Waals surface area contributed by atoms with Crippen LogP contribution in [0.2, 0.25) is 0 Å². The van der Waals surface area contributed by atoms with Crippen LogP contribution in [0.3, 0.4) is 0 Å². The summed E-state index contributed by atoms with van der Waals surface area (Å²) in [7, 11) is -2.12. The molecule has 0 saturated carbocycles. The van der Waals surface area contributed by atoms with Gasteiger partial charge < -0.3 is 9.72 Å². The first kappa shape index (κ1) is 18.2. The molecule has 4 rings (SSSR count). The van der Waals surface area contributed by atoms with Gasteiger partial charge in [0.15, 0.2) is 0 Å². The van der Waals surface area contributed by atoms with E-state index >= 15 is 0 Å². The number of sulfonamides is 1. The summed E-state index contributed by atoms with van der Waals surface area (Å²) >= 11 is 0. The van der Waals surface area contributed by atoms with Gasteiger partial charge >= 0.3 is 0 Å². The Labute approximate surface area is 163 Å². The zero-order valence-electron chi connectivity index (χ0n) is 15.2. The first-order valence-electron chi connectivity index (χ1n) is 8.73. The molecule has 28 heavy (non-hydrogen) atoms. The zero-order chi connectivity index (χ0) is 19.6. The molecule has 0 amide bonds. The molecule has 142 valence electrons. The lowest BCUT2D eigenvalue weighted by Gasteiger charge is -2.10. The fraction of sp³-hybridized carbons (Fsp3) is 0.0952. The van der Waals surface area contributed by atoms with E-state index in [4.69, 9.17) is 4.74 Å². The minimum Gasteiger partial charge on any atom is -0.496 e. The molecule has 0 atom stereocenters.